The fourth-order valence-corrected chi connectivity index (χ4v) is 3.07. The van der Waals surface area contributed by atoms with E-state index in [0.29, 0.717) is 0 Å². The summed E-state index contributed by atoms with van der Waals surface area (Å²) in [6.07, 6.45) is 0.979. The lowest BCUT2D eigenvalue weighted by atomic mass is 9.89. The van der Waals surface area contributed by atoms with Crippen molar-refractivity contribution in [2.24, 2.45) is 0 Å². The first-order valence-electron chi connectivity index (χ1n) is 6.96. The lowest BCUT2D eigenvalue weighted by molar-refractivity contribution is 0.353. The quantitative estimate of drug-likeness (QED) is 0.916. The van der Waals surface area contributed by atoms with Crippen LogP contribution in [0.5, 0.6) is 11.5 Å². The van der Waals surface area contributed by atoms with Crippen molar-refractivity contribution in [3.8, 4) is 11.5 Å². The Hall–Kier alpha value is -1.42. The smallest absolute Gasteiger partial charge is 0.161 e. The summed E-state index contributed by atoms with van der Waals surface area (Å²) in [5, 5.41) is 4.30. The standard InChI is InChI=1S/C17H18ClNO2.ClH/c1-20-15-9-11-6-7-19-17(14(11)10-16(15)21-2)12-4-3-5-13(18)8-12;/h3-5,8-10,17,19H,6-7H2,1-2H3;1H. The van der Waals surface area contributed by atoms with Gasteiger partial charge in [0.25, 0.3) is 0 Å². The first-order chi connectivity index (χ1) is 10.2. The largest absolute Gasteiger partial charge is 0.493 e. The van der Waals surface area contributed by atoms with Gasteiger partial charge in [-0.2, -0.15) is 0 Å². The molecule has 0 bridgehead atoms. The summed E-state index contributed by atoms with van der Waals surface area (Å²) in [5.41, 5.74) is 3.67. The number of hydrogen-bond donors (Lipinski definition) is 1. The van der Waals surface area contributed by atoms with Gasteiger partial charge < -0.3 is 14.8 Å². The monoisotopic (exact) mass is 339 g/mol. The van der Waals surface area contributed by atoms with Crippen LogP contribution < -0.4 is 14.8 Å². The molecular formula is C17H19Cl2NO2. The number of halogens is 2. The molecule has 3 nitrogen and oxygen atoms in total. The molecule has 2 aromatic rings. The molecule has 1 N–H and O–H groups in total. The lowest BCUT2D eigenvalue weighted by Crippen LogP contribution is -2.30. The third kappa shape index (κ3) is 3.17. The maximum atomic E-state index is 6.12. The first kappa shape index (κ1) is 16.9. The molecule has 1 aliphatic heterocycles. The van der Waals surface area contributed by atoms with E-state index in [9.17, 15) is 0 Å². The van der Waals surface area contributed by atoms with E-state index in [1.807, 2.05) is 18.2 Å². The number of nitrogens with one attached hydrogen (secondary N) is 1. The van der Waals surface area contributed by atoms with Crippen molar-refractivity contribution in [2.45, 2.75) is 12.5 Å². The van der Waals surface area contributed by atoms with Crippen molar-refractivity contribution < 1.29 is 9.47 Å². The highest BCUT2D eigenvalue weighted by Crippen LogP contribution is 2.37. The Morgan fingerprint density at radius 3 is 2.50 bits per heavy atom. The maximum absolute atomic E-state index is 6.12. The summed E-state index contributed by atoms with van der Waals surface area (Å²) in [4.78, 5) is 0. The second-order valence-electron chi connectivity index (χ2n) is 5.10. The molecular weight excluding hydrogens is 321 g/mol. The number of fused-ring (bicyclic) bond motifs is 1. The molecule has 118 valence electrons. The van der Waals surface area contributed by atoms with Crippen LogP contribution in [0.25, 0.3) is 0 Å². The Bertz CT molecular complexity index is 661. The number of rotatable bonds is 3. The average Bonchev–Trinajstić information content (AvgIpc) is 2.52. The molecule has 0 aromatic heterocycles. The zero-order valence-corrected chi connectivity index (χ0v) is 14.1. The molecule has 0 saturated heterocycles. The Morgan fingerprint density at radius 1 is 1.09 bits per heavy atom. The molecule has 0 aliphatic carbocycles. The summed E-state index contributed by atoms with van der Waals surface area (Å²) < 4.78 is 10.8. The van der Waals surface area contributed by atoms with E-state index in [1.165, 1.54) is 11.1 Å². The SMILES string of the molecule is COc1cc2c(cc1OC)C(c1cccc(Cl)c1)NCC2.Cl. The molecule has 0 fully saturated rings. The minimum Gasteiger partial charge on any atom is -0.493 e. The highest BCUT2D eigenvalue weighted by Gasteiger charge is 2.23. The van der Waals surface area contributed by atoms with Crippen LogP contribution in [0.2, 0.25) is 5.02 Å². The molecule has 0 amide bonds. The third-order valence-corrected chi connectivity index (χ3v) is 4.12. The normalized spacial score (nSPS) is 16.4. The van der Waals surface area contributed by atoms with Gasteiger partial charge in [-0.25, -0.2) is 0 Å². The van der Waals surface area contributed by atoms with Crippen LogP contribution in [0.15, 0.2) is 36.4 Å². The molecule has 22 heavy (non-hydrogen) atoms. The molecule has 0 spiro atoms. The van der Waals surface area contributed by atoms with Gasteiger partial charge in [-0.1, -0.05) is 23.7 Å². The van der Waals surface area contributed by atoms with E-state index in [-0.39, 0.29) is 18.4 Å². The molecule has 1 atom stereocenters. The van der Waals surface area contributed by atoms with Crippen LogP contribution >= 0.6 is 24.0 Å². The number of benzene rings is 2. The molecule has 1 unspecified atom stereocenters. The minimum atomic E-state index is 0. The Kier molecular flexibility index (Phi) is 5.57. The van der Waals surface area contributed by atoms with Crippen molar-refractivity contribution in [3.05, 3.63) is 58.1 Å². The van der Waals surface area contributed by atoms with Gasteiger partial charge in [0, 0.05) is 11.6 Å². The summed E-state index contributed by atoms with van der Waals surface area (Å²) in [5.74, 6) is 1.54. The lowest BCUT2D eigenvalue weighted by Gasteiger charge is -2.28. The van der Waals surface area contributed by atoms with Crippen molar-refractivity contribution in [3.63, 3.8) is 0 Å². The second kappa shape index (κ2) is 7.23. The van der Waals surface area contributed by atoms with Gasteiger partial charge in [-0.15, -0.1) is 12.4 Å². The summed E-state index contributed by atoms with van der Waals surface area (Å²) in [6, 6.07) is 12.2. The molecule has 2 aromatic carbocycles. The van der Waals surface area contributed by atoms with E-state index in [1.54, 1.807) is 14.2 Å². The summed E-state index contributed by atoms with van der Waals surface area (Å²) in [6.45, 7) is 0.930. The molecule has 3 rings (SSSR count). The van der Waals surface area contributed by atoms with Crippen LogP contribution in [0.3, 0.4) is 0 Å². The van der Waals surface area contributed by atoms with Gasteiger partial charge in [-0.3, -0.25) is 0 Å². The van der Waals surface area contributed by atoms with E-state index in [4.69, 9.17) is 21.1 Å². The van der Waals surface area contributed by atoms with Crippen molar-refractivity contribution in [2.75, 3.05) is 20.8 Å². The number of methoxy groups -OCH3 is 2. The Balaban J connectivity index is 0.00000176. The fourth-order valence-electron chi connectivity index (χ4n) is 2.87. The van der Waals surface area contributed by atoms with E-state index < -0.39 is 0 Å². The predicted octanol–water partition coefficient (Wildman–Crippen LogP) is 4.01. The van der Waals surface area contributed by atoms with Gasteiger partial charge in [0.2, 0.25) is 0 Å². The van der Waals surface area contributed by atoms with Gasteiger partial charge in [-0.05, 0) is 47.4 Å². The van der Waals surface area contributed by atoms with Crippen LogP contribution in [0, 0.1) is 0 Å². The average molecular weight is 340 g/mol. The van der Waals surface area contributed by atoms with Crippen molar-refractivity contribution in [1.82, 2.24) is 5.32 Å². The van der Waals surface area contributed by atoms with Crippen LogP contribution in [0.4, 0.5) is 0 Å². The van der Waals surface area contributed by atoms with E-state index in [2.05, 4.69) is 23.5 Å². The molecule has 0 saturated carbocycles. The zero-order valence-electron chi connectivity index (χ0n) is 12.6. The second-order valence-corrected chi connectivity index (χ2v) is 5.53. The summed E-state index contributed by atoms with van der Waals surface area (Å²) >= 11 is 6.12. The zero-order chi connectivity index (χ0) is 14.8. The van der Waals surface area contributed by atoms with Crippen molar-refractivity contribution >= 4 is 24.0 Å². The van der Waals surface area contributed by atoms with Crippen LogP contribution in [-0.4, -0.2) is 20.8 Å². The molecule has 1 aliphatic rings. The highest BCUT2D eigenvalue weighted by atomic mass is 35.5. The van der Waals surface area contributed by atoms with Crippen LogP contribution in [-0.2, 0) is 6.42 Å². The van der Waals surface area contributed by atoms with E-state index >= 15 is 0 Å². The first-order valence-corrected chi connectivity index (χ1v) is 7.34. The van der Waals surface area contributed by atoms with Crippen LogP contribution in [0.1, 0.15) is 22.7 Å². The fraction of sp³-hybridized carbons (Fsp3) is 0.294. The molecule has 5 heteroatoms. The minimum absolute atomic E-state index is 0. The maximum Gasteiger partial charge on any atom is 0.161 e. The predicted molar refractivity (Wildman–Crippen MR) is 91.8 cm³/mol. The number of hydrogen-bond acceptors (Lipinski definition) is 3. The number of ether oxygens (including phenoxy) is 2. The van der Waals surface area contributed by atoms with Gasteiger partial charge >= 0.3 is 0 Å². The van der Waals surface area contributed by atoms with Gasteiger partial charge in [0.15, 0.2) is 11.5 Å². The highest BCUT2D eigenvalue weighted by molar-refractivity contribution is 6.30. The third-order valence-electron chi connectivity index (χ3n) is 3.88. The van der Waals surface area contributed by atoms with Crippen molar-refractivity contribution in [1.29, 1.82) is 0 Å². The van der Waals surface area contributed by atoms with Gasteiger partial charge in [0.05, 0.1) is 20.3 Å². The Labute approximate surface area is 142 Å². The molecule has 0 radical (unpaired) electrons. The van der Waals surface area contributed by atoms with E-state index in [0.717, 1.165) is 35.1 Å². The Morgan fingerprint density at radius 2 is 1.82 bits per heavy atom. The topological polar surface area (TPSA) is 30.5 Å². The van der Waals surface area contributed by atoms with Gasteiger partial charge in [0.1, 0.15) is 0 Å². The summed E-state index contributed by atoms with van der Waals surface area (Å²) in [7, 11) is 3.33. The molecule has 1 heterocycles.